The third kappa shape index (κ3) is 20.3. The summed E-state index contributed by atoms with van der Waals surface area (Å²) < 4.78 is 23.7. The molecule has 0 radical (unpaired) electrons. The van der Waals surface area contributed by atoms with Crippen molar-refractivity contribution in [2.45, 2.75) is 186 Å². The number of aliphatic hydroxyl groups is 2. The number of ketones is 2. The number of likely N-dealkylation sites (N-methyl/N-ethyl adjacent to an activating group) is 1. The highest BCUT2D eigenvalue weighted by Gasteiger charge is 2.49. The Bertz CT molecular complexity index is 5490. The van der Waals surface area contributed by atoms with Gasteiger partial charge in [-0.25, -0.2) is 29.3 Å². The summed E-state index contributed by atoms with van der Waals surface area (Å²) >= 11 is 0. The standard InChI is InChI=1S/C43H49N7O10.C28H35N3O7.C20H16N2O4/c1-4-29-40(56)49-21-12-17-30(49)41(57)48(3)32(23-26-13-7-5-8-14-26)42(58)50-22-19-28(51)24-31(50)37(53)47-35(27-15-9-6-10-16-27)43(59)60-25(2)34(38(54)45-29)46-39(55)36-33(52)18-11-20-44-36;1-17(2)26-19(4)9-10-24(34)29-11-5-7-18(3)13-20(32)14-21(33)15-25-30-22(16-37-25)27(35)31-12-6-8-23(31)28(36)38-26;1-2-20(25)14-8-16-17-12(7-11-5-3-4-6-15(11)21-17)9-22(16)18(23)13(14)10-26-19(20)24/h5-11,13-16,18,20,25,29-32,34-35,52H,4,12,17,19,21-24H2,1-3H3,(H,45,54)(H,46,55)(H,47,53);5,7-10,13,16-17,19-20,26,32H,6,11-12,14-15H2,1-4H3,(H,29,34);3-8,25H,2,9-10H2,1H3/t;;20-/m..0/s1. The van der Waals surface area contributed by atoms with E-state index in [9.17, 15) is 82.4 Å². The van der Waals surface area contributed by atoms with E-state index in [-0.39, 0.29) is 142 Å². The van der Waals surface area contributed by atoms with Crippen LogP contribution in [0.15, 0.2) is 179 Å². The molecule has 0 aliphatic carbocycles. The number of esters is 3. The minimum absolute atomic E-state index is 0.0315. The molecule has 14 rings (SSSR count). The molecule has 33 heteroatoms. The average Bonchev–Trinajstić information content (AvgIpc) is 1.50. The molecule has 3 aromatic carbocycles. The first-order valence-corrected chi connectivity index (χ1v) is 41.3. The van der Waals surface area contributed by atoms with Crippen molar-refractivity contribution in [1.82, 2.24) is 60.4 Å². The fourth-order valence-electron chi connectivity index (χ4n) is 16.1. The van der Waals surface area contributed by atoms with E-state index in [2.05, 4.69) is 31.2 Å². The van der Waals surface area contributed by atoms with Gasteiger partial charge in [-0.3, -0.25) is 52.7 Å². The number of aromatic nitrogens is 4. The monoisotopic (exact) mass is 1700 g/mol. The van der Waals surface area contributed by atoms with Crippen molar-refractivity contribution in [3.8, 4) is 17.1 Å². The smallest absolute Gasteiger partial charge is 0.355 e. The second kappa shape index (κ2) is 39.6. The number of hydrogen-bond acceptors (Lipinski definition) is 24. The Labute approximate surface area is 714 Å². The lowest BCUT2D eigenvalue weighted by atomic mass is 9.86. The maximum atomic E-state index is 14.8. The van der Waals surface area contributed by atoms with Crippen molar-refractivity contribution in [3.63, 3.8) is 0 Å². The molecule has 3 fully saturated rings. The Morgan fingerprint density at radius 1 is 0.782 bits per heavy atom. The van der Waals surface area contributed by atoms with E-state index < -0.39 is 131 Å². The highest BCUT2D eigenvalue weighted by molar-refractivity contribution is 6.03. The molecule has 4 aromatic heterocycles. The zero-order valence-electron chi connectivity index (χ0n) is 69.9. The lowest BCUT2D eigenvalue weighted by Gasteiger charge is -2.40. The Kier molecular flexibility index (Phi) is 28.7. The van der Waals surface area contributed by atoms with E-state index in [0.29, 0.717) is 36.2 Å². The molecule has 11 atom stereocenters. The molecule has 7 aromatic rings. The number of benzene rings is 3. The highest BCUT2D eigenvalue weighted by atomic mass is 16.6. The maximum absolute atomic E-state index is 14.8. The molecule has 0 saturated carbocycles. The summed E-state index contributed by atoms with van der Waals surface area (Å²) in [5.41, 5.74) is 3.18. The lowest BCUT2D eigenvalue weighted by Crippen LogP contribution is -2.61. The molecular formula is C91H100N12O21. The number of amides is 8. The first-order valence-electron chi connectivity index (χ1n) is 41.3. The largest absolute Gasteiger partial charge is 0.505 e. The van der Waals surface area contributed by atoms with Gasteiger partial charge >= 0.3 is 17.9 Å². The fourth-order valence-corrected chi connectivity index (χ4v) is 16.1. The second-order valence-electron chi connectivity index (χ2n) is 31.8. The topological polar surface area (TPSA) is 445 Å². The Hall–Kier alpha value is -13.4. The van der Waals surface area contributed by atoms with Crippen molar-refractivity contribution in [2.75, 3.05) is 33.2 Å². The van der Waals surface area contributed by atoms with Crippen LogP contribution in [0, 0.1) is 11.8 Å². The number of allylic oxidation sites excluding steroid dienone is 2. The van der Waals surface area contributed by atoms with Crippen LogP contribution in [0.3, 0.4) is 0 Å². The number of cyclic esters (lactones) is 3. The molecule has 33 nitrogen and oxygen atoms in total. The van der Waals surface area contributed by atoms with Crippen molar-refractivity contribution >= 4 is 87.6 Å². The van der Waals surface area contributed by atoms with Crippen LogP contribution >= 0.6 is 0 Å². The van der Waals surface area contributed by atoms with Crippen LogP contribution in [0.2, 0.25) is 0 Å². The fraction of sp³-hybridized carbons (Fsp3) is 0.396. The summed E-state index contributed by atoms with van der Waals surface area (Å²) in [7, 11) is 1.47. The predicted octanol–water partition coefficient (Wildman–Crippen LogP) is 5.94. The van der Waals surface area contributed by atoms with Gasteiger partial charge in [-0.05, 0) is 99.4 Å². The third-order valence-electron chi connectivity index (χ3n) is 22.8. The normalized spacial score (nSPS) is 24.5. The number of hydrogen-bond donors (Lipinski definition) is 7. The summed E-state index contributed by atoms with van der Waals surface area (Å²) in [4.78, 5) is 207. The highest BCUT2D eigenvalue weighted by Crippen LogP contribution is 2.39. The molecular weight excluding hydrogens is 1600 g/mol. The molecule has 3 saturated heterocycles. The van der Waals surface area contributed by atoms with Gasteiger partial charge in [-0.15, -0.1) is 0 Å². The number of pyridine rings is 3. The Morgan fingerprint density at radius 3 is 2.23 bits per heavy atom. The quantitative estimate of drug-likeness (QED) is 0.0683. The number of para-hydroxylation sites is 1. The van der Waals surface area contributed by atoms with Crippen molar-refractivity contribution in [2.24, 2.45) is 11.8 Å². The summed E-state index contributed by atoms with van der Waals surface area (Å²) in [6, 6.07) is 23.3. The molecule has 0 spiro atoms. The molecule has 124 heavy (non-hydrogen) atoms. The van der Waals surface area contributed by atoms with Gasteiger partial charge in [0.15, 0.2) is 23.0 Å². The zero-order chi connectivity index (χ0) is 89.0. The van der Waals surface area contributed by atoms with Crippen LogP contribution in [0.25, 0.3) is 22.3 Å². The summed E-state index contributed by atoms with van der Waals surface area (Å²) in [5, 5.41) is 43.0. The van der Waals surface area contributed by atoms with Crippen molar-refractivity contribution in [3.05, 3.63) is 225 Å². The first-order chi connectivity index (χ1) is 59.4. The van der Waals surface area contributed by atoms with Gasteiger partial charge in [-0.2, -0.15) is 0 Å². The number of piperidine rings is 1. The van der Waals surface area contributed by atoms with Gasteiger partial charge < -0.3 is 79.4 Å². The van der Waals surface area contributed by atoms with Gasteiger partial charge in [-0.1, -0.05) is 149 Å². The molecule has 7 aliphatic heterocycles. The number of nitrogens with zero attached hydrogens (tertiary/aromatic N) is 8. The van der Waals surface area contributed by atoms with Gasteiger partial charge in [0.25, 0.3) is 17.4 Å². The Morgan fingerprint density at radius 2 is 1.51 bits per heavy atom. The van der Waals surface area contributed by atoms with Crippen LogP contribution in [0.1, 0.15) is 161 Å². The van der Waals surface area contributed by atoms with Crippen LogP contribution in [-0.4, -0.2) is 213 Å². The summed E-state index contributed by atoms with van der Waals surface area (Å²) in [6.45, 7) is 13.0. The number of carbonyl (C=O) groups is 13. The number of ether oxygens (including phenoxy) is 3. The average molecular weight is 1700 g/mol. The number of aliphatic hydroxyl groups excluding tert-OH is 1. The Balaban J connectivity index is 0.000000186. The van der Waals surface area contributed by atoms with Gasteiger partial charge in [0.05, 0.1) is 41.5 Å². The number of oxazole rings is 1. The van der Waals surface area contributed by atoms with E-state index >= 15 is 0 Å². The van der Waals surface area contributed by atoms with E-state index in [1.54, 1.807) is 116 Å². The van der Waals surface area contributed by atoms with Gasteiger partial charge in [0.1, 0.15) is 78.3 Å². The van der Waals surface area contributed by atoms with E-state index in [4.69, 9.17) is 23.6 Å². The van der Waals surface area contributed by atoms with Crippen molar-refractivity contribution in [1.29, 1.82) is 0 Å². The zero-order valence-corrected chi connectivity index (χ0v) is 69.9. The molecule has 8 amide bonds. The number of carbonyl (C=O) groups excluding carboxylic acids is 13. The molecule has 10 unspecified atom stereocenters. The van der Waals surface area contributed by atoms with Crippen molar-refractivity contribution < 1.29 is 96.3 Å². The number of rotatable bonds is 8. The third-order valence-corrected chi connectivity index (χ3v) is 22.8. The minimum Gasteiger partial charge on any atom is -0.505 e. The maximum Gasteiger partial charge on any atom is 0.355 e. The predicted molar refractivity (Wildman–Crippen MR) is 446 cm³/mol. The van der Waals surface area contributed by atoms with Crippen LogP contribution in [0.5, 0.6) is 5.75 Å². The molecule has 7 aliphatic rings. The van der Waals surface area contributed by atoms with Crippen LogP contribution < -0.4 is 26.8 Å². The molecule has 11 heterocycles. The summed E-state index contributed by atoms with van der Waals surface area (Å²) in [6.07, 6.45) is 9.86. The molecule has 650 valence electrons. The number of nitrogens with one attached hydrogen (secondary N) is 4. The van der Waals surface area contributed by atoms with E-state index in [0.717, 1.165) is 39.6 Å². The number of Topliss-reactive ketones (excluding diaryl/α,β-unsaturated/α-hetero) is 2. The van der Waals surface area contributed by atoms with Crippen LogP contribution in [0.4, 0.5) is 0 Å². The number of fused-ring (bicyclic) bond motifs is 10. The molecule has 2 bridgehead atoms. The minimum atomic E-state index is -1.79. The second-order valence-corrected chi connectivity index (χ2v) is 31.8. The van der Waals surface area contributed by atoms with Crippen LogP contribution in [-0.2, 0) is 98.5 Å². The summed E-state index contributed by atoms with van der Waals surface area (Å²) in [5.74, 6) is -9.07. The van der Waals surface area contributed by atoms with Gasteiger partial charge in [0, 0.05) is 87.5 Å². The molecule has 7 N–H and O–H groups in total. The van der Waals surface area contributed by atoms with Gasteiger partial charge in [0.2, 0.25) is 41.3 Å². The van der Waals surface area contributed by atoms with E-state index in [1.165, 1.54) is 58.0 Å². The first kappa shape index (κ1) is 89.8. The van der Waals surface area contributed by atoms with E-state index in [1.807, 2.05) is 57.2 Å². The number of aromatic hydroxyl groups is 1. The SMILES string of the molecule is CC1=CC(O)CC(=O)Cc2nc(co2)C(=O)N2CCC=C2C(=O)OC(C(C)C)C(C)C=CC(=O)NCC=C1.CCC1NC(=O)C(NC(=O)c2ncccc2O)C(C)OC(=O)C(c2ccccc2)NC(=O)C2CC(=O)CCN2C(=O)C(Cc2ccccc2)N(C)C(=O)C2CCCN2C1=O.CC[C@@]1(O)C(=O)OCc2c1cc1n(c2=O)Cc2cc3ccccc3nc2-1. The lowest BCUT2D eigenvalue weighted by molar-refractivity contribution is -0.172.